The van der Waals surface area contributed by atoms with Gasteiger partial charge < -0.3 is 23.8 Å². The molecule has 10 heteroatoms. The van der Waals surface area contributed by atoms with Gasteiger partial charge in [-0.1, -0.05) is 38.0 Å². The first-order chi connectivity index (χ1) is 18.1. The van der Waals surface area contributed by atoms with Gasteiger partial charge in [-0.25, -0.2) is 14.2 Å². The van der Waals surface area contributed by atoms with Crippen molar-refractivity contribution < 1.29 is 37.6 Å². The van der Waals surface area contributed by atoms with Crippen LogP contribution in [0.25, 0.3) is 22.4 Å². The van der Waals surface area contributed by atoms with Crippen LogP contribution < -0.4 is 14.2 Å². The molecule has 4 rings (SSSR count). The van der Waals surface area contributed by atoms with Crippen molar-refractivity contribution in [2.45, 2.75) is 37.9 Å². The molecule has 198 valence electrons. The number of carbonyl (C=O) groups is 1. The molecular weight excluding hydrogens is 512 g/mol. The van der Waals surface area contributed by atoms with Crippen molar-refractivity contribution in [3.8, 4) is 52.0 Å². The standard InChI is InChI=1S/C28H27FNO7P/c1-6-28(17(4)31,38(33)34-5)27(32)37-26-21(18-10-12-19(29)13-11-18)14-22(30-24(26)16(2)3)20-8-7-9-23-25(20)36-15-35-23/h1,7-14,16-17,31,38H,15H2,2-5H3. The van der Waals surface area contributed by atoms with Gasteiger partial charge >= 0.3 is 5.97 Å². The van der Waals surface area contributed by atoms with E-state index in [0.29, 0.717) is 39.6 Å². The molecule has 3 aromatic rings. The predicted octanol–water partition coefficient (Wildman–Crippen LogP) is 5.19. The highest BCUT2D eigenvalue weighted by Crippen LogP contribution is 2.47. The van der Waals surface area contributed by atoms with Crippen molar-refractivity contribution in [3.05, 3.63) is 60.0 Å². The highest BCUT2D eigenvalue weighted by Gasteiger charge is 2.50. The summed E-state index contributed by atoms with van der Waals surface area (Å²) in [4.78, 5) is 18.3. The van der Waals surface area contributed by atoms with E-state index in [0.717, 1.165) is 7.11 Å². The smallest absolute Gasteiger partial charge is 0.342 e. The van der Waals surface area contributed by atoms with Crippen molar-refractivity contribution in [3.63, 3.8) is 0 Å². The number of terminal acetylenes is 1. The molecule has 8 nitrogen and oxygen atoms in total. The largest absolute Gasteiger partial charge is 0.454 e. The number of fused-ring (bicyclic) bond motifs is 1. The number of carbonyl (C=O) groups excluding carboxylic acids is 1. The number of para-hydroxylation sites is 1. The lowest BCUT2D eigenvalue weighted by molar-refractivity contribution is -0.138. The van der Waals surface area contributed by atoms with E-state index in [-0.39, 0.29) is 18.5 Å². The number of aliphatic hydroxyl groups is 1. The van der Waals surface area contributed by atoms with Crippen molar-refractivity contribution in [1.82, 2.24) is 4.98 Å². The molecule has 2 heterocycles. The second-order valence-electron chi connectivity index (χ2n) is 8.98. The number of halogens is 1. The number of pyridine rings is 1. The van der Waals surface area contributed by atoms with Crippen LogP contribution in [-0.2, 0) is 13.9 Å². The zero-order valence-electron chi connectivity index (χ0n) is 21.3. The van der Waals surface area contributed by atoms with Crippen LogP contribution in [0, 0.1) is 18.2 Å². The minimum atomic E-state index is -3.28. The maximum absolute atomic E-state index is 13.8. The van der Waals surface area contributed by atoms with Crippen LogP contribution in [0.3, 0.4) is 0 Å². The van der Waals surface area contributed by atoms with Gasteiger partial charge in [-0.3, -0.25) is 4.57 Å². The summed E-state index contributed by atoms with van der Waals surface area (Å²) >= 11 is 0. The Morgan fingerprint density at radius 2 is 1.89 bits per heavy atom. The van der Waals surface area contributed by atoms with E-state index in [4.69, 9.17) is 30.1 Å². The summed E-state index contributed by atoms with van der Waals surface area (Å²) in [5.41, 5.74) is 2.44. The number of aromatic nitrogens is 1. The van der Waals surface area contributed by atoms with Crippen molar-refractivity contribution >= 4 is 14.0 Å². The molecule has 3 atom stereocenters. The number of rotatable bonds is 8. The second-order valence-corrected chi connectivity index (χ2v) is 10.8. The summed E-state index contributed by atoms with van der Waals surface area (Å²) in [6, 6.07) is 12.7. The molecule has 0 saturated heterocycles. The lowest BCUT2D eigenvalue weighted by Crippen LogP contribution is -2.46. The molecule has 1 N–H and O–H groups in total. The maximum Gasteiger partial charge on any atom is 0.342 e. The minimum absolute atomic E-state index is 0.0382. The molecule has 0 radical (unpaired) electrons. The lowest BCUT2D eigenvalue weighted by atomic mass is 9.96. The number of esters is 1. The highest BCUT2D eigenvalue weighted by molar-refractivity contribution is 7.43. The number of hydrogen-bond acceptors (Lipinski definition) is 8. The van der Waals surface area contributed by atoms with Crippen molar-refractivity contribution in [2.75, 3.05) is 13.9 Å². The summed E-state index contributed by atoms with van der Waals surface area (Å²) in [6.07, 6.45) is 4.06. The number of aliphatic hydroxyl groups excluding tert-OH is 1. The molecule has 0 fully saturated rings. The van der Waals surface area contributed by atoms with Gasteiger partial charge in [0.1, 0.15) is 5.82 Å². The average molecular weight is 539 g/mol. The Balaban J connectivity index is 1.96. The SMILES string of the molecule is C#CC(C(=O)Oc1c(-c2ccc(F)cc2)cc(-c2cccc3c2OCO3)nc1C(C)C)(C(C)O)[PH](=O)OC. The van der Waals surface area contributed by atoms with Gasteiger partial charge in [0.25, 0.3) is 0 Å². The molecule has 0 amide bonds. The third-order valence-corrected chi connectivity index (χ3v) is 8.03. The summed E-state index contributed by atoms with van der Waals surface area (Å²) < 4.78 is 48.5. The molecule has 1 aliphatic rings. The van der Waals surface area contributed by atoms with E-state index < -0.39 is 31.1 Å². The summed E-state index contributed by atoms with van der Waals surface area (Å²) in [5.74, 6) is 1.43. The number of hydrogen-bond donors (Lipinski definition) is 1. The van der Waals surface area contributed by atoms with E-state index in [1.807, 2.05) is 19.9 Å². The minimum Gasteiger partial charge on any atom is -0.454 e. The van der Waals surface area contributed by atoms with Gasteiger partial charge in [0.2, 0.25) is 20.0 Å². The second kappa shape index (κ2) is 11.0. The lowest BCUT2D eigenvalue weighted by Gasteiger charge is -2.28. The van der Waals surface area contributed by atoms with Crippen molar-refractivity contribution in [2.24, 2.45) is 0 Å². The number of ether oxygens (including phenoxy) is 3. The predicted molar refractivity (Wildman–Crippen MR) is 140 cm³/mol. The highest BCUT2D eigenvalue weighted by atomic mass is 31.1. The Labute approximate surface area is 220 Å². The summed E-state index contributed by atoms with van der Waals surface area (Å²) in [7, 11) is -2.15. The third-order valence-electron chi connectivity index (χ3n) is 6.25. The van der Waals surface area contributed by atoms with Gasteiger partial charge in [0, 0.05) is 18.2 Å². The first kappa shape index (κ1) is 27.3. The zero-order chi connectivity index (χ0) is 27.6. The monoisotopic (exact) mass is 539 g/mol. The first-order valence-corrected chi connectivity index (χ1v) is 13.1. The first-order valence-electron chi connectivity index (χ1n) is 11.8. The van der Waals surface area contributed by atoms with Crippen LogP contribution >= 0.6 is 8.03 Å². The van der Waals surface area contributed by atoms with Crippen molar-refractivity contribution in [1.29, 1.82) is 0 Å². The van der Waals surface area contributed by atoms with Gasteiger partial charge in [-0.15, -0.1) is 6.42 Å². The molecular formula is C28H27FNO7P. The Bertz CT molecular complexity index is 1430. The fourth-order valence-corrected chi connectivity index (χ4v) is 5.16. The Hall–Kier alpha value is -3.70. The molecule has 1 aliphatic heterocycles. The van der Waals surface area contributed by atoms with E-state index in [1.165, 1.54) is 31.2 Å². The Kier molecular flexibility index (Phi) is 7.89. The maximum atomic E-state index is 13.8. The van der Waals surface area contributed by atoms with Gasteiger partial charge in [0.05, 0.1) is 17.5 Å². The number of nitrogens with zero attached hydrogens (tertiary/aromatic N) is 1. The molecule has 38 heavy (non-hydrogen) atoms. The fourth-order valence-electron chi connectivity index (χ4n) is 4.16. The van der Waals surface area contributed by atoms with Crippen LogP contribution in [-0.4, -0.2) is 41.2 Å². The summed E-state index contributed by atoms with van der Waals surface area (Å²) in [5, 5.41) is 8.17. The van der Waals surface area contributed by atoms with Gasteiger partial charge in [0.15, 0.2) is 17.2 Å². The van der Waals surface area contributed by atoms with E-state index in [2.05, 4.69) is 5.92 Å². The molecule has 0 bridgehead atoms. The van der Waals surface area contributed by atoms with Crippen LogP contribution in [0.15, 0.2) is 48.5 Å². The van der Waals surface area contributed by atoms with Crippen LogP contribution in [0.2, 0.25) is 0 Å². The van der Waals surface area contributed by atoms with Crippen LogP contribution in [0.1, 0.15) is 32.4 Å². The van der Waals surface area contributed by atoms with E-state index >= 15 is 0 Å². The van der Waals surface area contributed by atoms with E-state index in [1.54, 1.807) is 18.2 Å². The van der Waals surface area contributed by atoms with Gasteiger partial charge in [-0.2, -0.15) is 0 Å². The van der Waals surface area contributed by atoms with Gasteiger partial charge in [-0.05, 0) is 48.7 Å². The molecule has 0 aliphatic carbocycles. The van der Waals surface area contributed by atoms with Crippen LogP contribution in [0.4, 0.5) is 4.39 Å². The quantitative estimate of drug-likeness (QED) is 0.237. The van der Waals surface area contributed by atoms with E-state index in [9.17, 15) is 18.9 Å². The fraction of sp³-hybridized carbons (Fsp3) is 0.286. The Morgan fingerprint density at radius 3 is 2.50 bits per heavy atom. The molecule has 3 unspecified atom stereocenters. The topological polar surface area (TPSA) is 104 Å². The third kappa shape index (κ3) is 4.79. The molecule has 1 aromatic heterocycles. The zero-order valence-corrected chi connectivity index (χ0v) is 22.3. The molecule has 2 aromatic carbocycles. The molecule has 0 saturated carbocycles. The Morgan fingerprint density at radius 1 is 1.18 bits per heavy atom. The average Bonchev–Trinajstić information content (AvgIpc) is 3.38. The summed E-state index contributed by atoms with van der Waals surface area (Å²) in [6.45, 7) is 5.02. The number of benzene rings is 2. The molecule has 0 spiro atoms. The van der Waals surface area contributed by atoms with Crippen LogP contribution in [0.5, 0.6) is 17.2 Å². The normalized spacial score (nSPS) is 15.4.